The number of ketones is 2. The minimum absolute atomic E-state index is 0.183. The second kappa shape index (κ2) is 9.59. The summed E-state index contributed by atoms with van der Waals surface area (Å²) < 4.78 is 6.37. The number of halogens is 2. The average molecular weight is 572 g/mol. The fourth-order valence-corrected chi connectivity index (χ4v) is 5.28. The summed E-state index contributed by atoms with van der Waals surface area (Å²) in [5, 5.41) is 2.29. The summed E-state index contributed by atoms with van der Waals surface area (Å²) in [5.41, 5.74) is 4.06. The normalized spacial score (nSPS) is 16.0. The maximum absolute atomic E-state index is 12.0. The number of Topliss-reactive ketones (excluding diaryl/α,β-unsaturated/α-hetero) is 2. The quantitative estimate of drug-likeness (QED) is 0.279. The third-order valence-electron chi connectivity index (χ3n) is 6.09. The van der Waals surface area contributed by atoms with E-state index in [-0.39, 0.29) is 17.9 Å². The fraction of sp³-hybridized carbons (Fsp3) is 0.240. The van der Waals surface area contributed by atoms with Crippen LogP contribution in [0.2, 0.25) is 0 Å². The summed E-state index contributed by atoms with van der Waals surface area (Å²) >= 11 is 6.88. The molecule has 1 atom stereocenters. The van der Waals surface area contributed by atoms with Crippen LogP contribution in [-0.4, -0.2) is 26.9 Å². The van der Waals surface area contributed by atoms with Gasteiger partial charge in [-0.1, -0.05) is 38.8 Å². The summed E-state index contributed by atoms with van der Waals surface area (Å²) in [6, 6.07) is 16.3. The second-order valence-electron chi connectivity index (χ2n) is 7.95. The molecular formula is C25H20Br2N2O4. The molecule has 0 spiro atoms. The van der Waals surface area contributed by atoms with Gasteiger partial charge in [0, 0.05) is 56.2 Å². The van der Waals surface area contributed by atoms with Gasteiger partial charge in [-0.15, -0.1) is 0 Å². The molecule has 0 bridgehead atoms. The number of aromatic nitrogens is 2. The van der Waals surface area contributed by atoms with Gasteiger partial charge in [0.15, 0.2) is 11.6 Å². The van der Waals surface area contributed by atoms with Crippen LogP contribution in [-0.2, 0) is 22.7 Å². The Kier molecular flexibility index (Phi) is 6.79. The molecule has 168 valence electrons. The Labute approximate surface area is 206 Å². The zero-order valence-corrected chi connectivity index (χ0v) is 21.0. The van der Waals surface area contributed by atoms with E-state index in [4.69, 9.17) is 9.59 Å². The van der Waals surface area contributed by atoms with E-state index in [9.17, 15) is 9.59 Å². The van der Waals surface area contributed by atoms with Crippen molar-refractivity contribution in [2.75, 3.05) is 0 Å². The monoisotopic (exact) mass is 570 g/mol. The van der Waals surface area contributed by atoms with Gasteiger partial charge in [0.2, 0.25) is 0 Å². The first-order valence-electron chi connectivity index (χ1n) is 10.5. The largest absolute Gasteiger partial charge is 0.373 e. The summed E-state index contributed by atoms with van der Waals surface area (Å²) in [5.74, 6) is 0.746. The van der Waals surface area contributed by atoms with Crippen LogP contribution >= 0.6 is 31.9 Å². The van der Waals surface area contributed by atoms with Crippen molar-refractivity contribution in [2.45, 2.75) is 32.9 Å². The van der Waals surface area contributed by atoms with E-state index in [1.54, 1.807) is 0 Å². The zero-order valence-electron chi connectivity index (χ0n) is 17.8. The van der Waals surface area contributed by atoms with E-state index >= 15 is 0 Å². The Balaban J connectivity index is 0.000000142. The maximum Gasteiger partial charge on any atom is 0.373 e. The first-order chi connectivity index (χ1) is 15.9. The maximum atomic E-state index is 12.0. The van der Waals surface area contributed by atoms with Gasteiger partial charge in [0.05, 0.1) is 11.4 Å². The zero-order chi connectivity index (χ0) is 23.7. The molecular weight excluding hydrogens is 552 g/mol. The average Bonchev–Trinajstić information content (AvgIpc) is 3.50. The number of carbonyl (C=O) groups is 2. The molecule has 0 amide bonds. The van der Waals surface area contributed by atoms with E-state index in [0.717, 1.165) is 56.1 Å². The third-order valence-corrected chi connectivity index (χ3v) is 7.08. The van der Waals surface area contributed by atoms with Gasteiger partial charge in [-0.2, -0.15) is 9.59 Å². The summed E-state index contributed by atoms with van der Waals surface area (Å²) in [4.78, 5) is 39.8. The van der Waals surface area contributed by atoms with Crippen LogP contribution in [0.3, 0.4) is 0 Å². The molecule has 2 aromatic carbocycles. The van der Waals surface area contributed by atoms with Crippen LogP contribution in [0.1, 0.15) is 40.7 Å². The number of aryl methyl sites for hydroxylation is 1. The molecule has 33 heavy (non-hydrogen) atoms. The number of nitrogens with zero attached hydrogens (tertiary/aromatic N) is 2. The van der Waals surface area contributed by atoms with E-state index in [1.165, 1.54) is 5.52 Å². The van der Waals surface area contributed by atoms with Crippen LogP contribution in [0.4, 0.5) is 0 Å². The van der Waals surface area contributed by atoms with E-state index < -0.39 is 0 Å². The Morgan fingerprint density at radius 1 is 0.879 bits per heavy atom. The van der Waals surface area contributed by atoms with Crippen molar-refractivity contribution in [3.63, 3.8) is 0 Å². The standard InChI is InChI=1S/C13H12BrNO.C11H8BrNO.CO2/c1-2-8-7-15-11-4-3-10(14)5-9(11)6-12(15)13(8)16;12-8-1-2-9-7(5-8)6-10-11(14)3-4-13(9)10;2-1-3/h3-6,8H,2,7H2,1H3;1-2,5-6H,3-4H2;. The minimum atomic E-state index is 0.183. The van der Waals surface area contributed by atoms with E-state index in [2.05, 4.69) is 66.1 Å². The lowest BCUT2D eigenvalue weighted by Gasteiger charge is -2.04. The van der Waals surface area contributed by atoms with Gasteiger partial charge in [0.25, 0.3) is 0 Å². The third kappa shape index (κ3) is 4.38. The Hall–Kier alpha value is -2.80. The van der Waals surface area contributed by atoms with Crippen molar-refractivity contribution in [1.29, 1.82) is 0 Å². The summed E-state index contributed by atoms with van der Waals surface area (Å²) in [6.45, 7) is 3.75. The highest BCUT2D eigenvalue weighted by Crippen LogP contribution is 2.32. The second-order valence-corrected chi connectivity index (χ2v) is 9.78. The molecule has 6 rings (SSSR count). The molecule has 4 aromatic rings. The molecule has 2 aliphatic rings. The highest BCUT2D eigenvalue weighted by atomic mass is 79.9. The molecule has 4 heterocycles. The molecule has 0 N–H and O–H groups in total. The predicted octanol–water partition coefficient (Wildman–Crippen LogP) is 6.03. The smallest absolute Gasteiger partial charge is 0.338 e. The van der Waals surface area contributed by atoms with E-state index in [0.29, 0.717) is 12.2 Å². The Morgan fingerprint density at radius 2 is 1.42 bits per heavy atom. The van der Waals surface area contributed by atoms with Crippen LogP contribution in [0.25, 0.3) is 21.8 Å². The van der Waals surface area contributed by atoms with Crippen molar-refractivity contribution in [3.05, 3.63) is 68.9 Å². The summed E-state index contributed by atoms with van der Waals surface area (Å²) in [7, 11) is 0. The topological polar surface area (TPSA) is 78.1 Å². The number of carbonyl (C=O) groups excluding carboxylic acids is 4. The number of benzene rings is 2. The van der Waals surface area contributed by atoms with Gasteiger partial charge in [-0.3, -0.25) is 9.59 Å². The number of rotatable bonds is 1. The molecule has 2 aliphatic heterocycles. The highest BCUT2D eigenvalue weighted by molar-refractivity contribution is 9.10. The van der Waals surface area contributed by atoms with Crippen LogP contribution in [0.5, 0.6) is 0 Å². The van der Waals surface area contributed by atoms with Gasteiger partial charge >= 0.3 is 6.15 Å². The molecule has 0 aliphatic carbocycles. The Morgan fingerprint density at radius 3 is 2.00 bits per heavy atom. The van der Waals surface area contributed by atoms with Crippen LogP contribution < -0.4 is 0 Å². The summed E-state index contributed by atoms with van der Waals surface area (Å²) in [6.07, 6.45) is 1.83. The van der Waals surface area contributed by atoms with Crippen molar-refractivity contribution < 1.29 is 19.2 Å². The molecule has 8 heteroatoms. The lowest BCUT2D eigenvalue weighted by Crippen LogP contribution is -2.07. The van der Waals surface area contributed by atoms with Crippen molar-refractivity contribution in [1.82, 2.24) is 9.13 Å². The molecule has 1 unspecified atom stereocenters. The molecule has 0 fully saturated rings. The number of fused-ring (bicyclic) bond motifs is 6. The Bertz CT molecular complexity index is 1430. The lowest BCUT2D eigenvalue weighted by molar-refractivity contribution is -0.191. The van der Waals surface area contributed by atoms with Gasteiger partial charge in [0.1, 0.15) is 0 Å². The van der Waals surface area contributed by atoms with E-state index in [1.807, 2.05) is 30.3 Å². The van der Waals surface area contributed by atoms with Crippen molar-refractivity contribution in [3.8, 4) is 0 Å². The number of hydrogen-bond acceptors (Lipinski definition) is 4. The molecule has 0 radical (unpaired) electrons. The van der Waals surface area contributed by atoms with Crippen molar-refractivity contribution >= 4 is 71.4 Å². The van der Waals surface area contributed by atoms with Gasteiger partial charge in [-0.25, -0.2) is 0 Å². The minimum Gasteiger partial charge on any atom is -0.338 e. The molecule has 6 nitrogen and oxygen atoms in total. The fourth-order valence-electron chi connectivity index (χ4n) is 4.52. The van der Waals surface area contributed by atoms with Crippen molar-refractivity contribution in [2.24, 2.45) is 5.92 Å². The predicted molar refractivity (Wildman–Crippen MR) is 131 cm³/mol. The molecule has 0 saturated carbocycles. The van der Waals surface area contributed by atoms with Gasteiger partial charge < -0.3 is 9.13 Å². The van der Waals surface area contributed by atoms with Gasteiger partial charge in [-0.05, 0) is 55.0 Å². The van der Waals surface area contributed by atoms with Crippen LogP contribution in [0, 0.1) is 5.92 Å². The number of hydrogen-bond donors (Lipinski definition) is 0. The molecule has 2 aromatic heterocycles. The van der Waals surface area contributed by atoms with Crippen LogP contribution in [0.15, 0.2) is 57.5 Å². The molecule has 0 saturated heterocycles. The lowest BCUT2D eigenvalue weighted by atomic mass is 10.0. The SMILES string of the molecule is CCC1Cn2c(cc3cc(Br)ccc32)C1=O.O=C1CCn2c1cc1cc(Br)ccc12.O=C=O. The first kappa shape index (κ1) is 23.4. The highest BCUT2D eigenvalue weighted by Gasteiger charge is 2.30. The first-order valence-corrected chi connectivity index (χ1v) is 12.1.